The summed E-state index contributed by atoms with van der Waals surface area (Å²) in [6.45, 7) is 4.15. The first-order valence-corrected chi connectivity index (χ1v) is 8.63. The van der Waals surface area contributed by atoms with Crippen LogP contribution in [0, 0.1) is 6.92 Å². The normalized spacial score (nSPS) is 13.9. The molecule has 0 saturated heterocycles. The molecule has 1 aliphatic rings. The fourth-order valence-corrected chi connectivity index (χ4v) is 2.96. The molecule has 140 valence electrons. The number of rotatable bonds is 4. The van der Waals surface area contributed by atoms with Gasteiger partial charge in [0.1, 0.15) is 5.76 Å². The van der Waals surface area contributed by atoms with Crippen molar-refractivity contribution in [2.75, 3.05) is 20.6 Å². The summed E-state index contributed by atoms with van der Waals surface area (Å²) in [5, 5.41) is 11.2. The van der Waals surface area contributed by atoms with Crippen molar-refractivity contribution in [2.45, 2.75) is 39.4 Å². The van der Waals surface area contributed by atoms with E-state index in [1.165, 1.54) is 0 Å². The molecule has 1 N–H and O–H groups in total. The van der Waals surface area contributed by atoms with Crippen molar-refractivity contribution in [3.63, 3.8) is 0 Å². The molecule has 26 heavy (non-hydrogen) atoms. The standard InChI is InChI=1S/C17H24N6O3/c1-12-7-15(26-20-12)9-16(24)18-10-13-8-14-11-22(17(25)21(2)3)5-4-6-23(14)19-13/h7-8H,4-6,9-11H2,1-3H3,(H,18,24). The highest BCUT2D eigenvalue weighted by Gasteiger charge is 2.21. The molecule has 0 fully saturated rings. The quantitative estimate of drug-likeness (QED) is 0.875. The lowest BCUT2D eigenvalue weighted by atomic mass is 10.3. The van der Waals surface area contributed by atoms with E-state index in [4.69, 9.17) is 4.52 Å². The van der Waals surface area contributed by atoms with Crippen LogP contribution in [0.2, 0.25) is 0 Å². The number of aryl methyl sites for hydroxylation is 2. The smallest absolute Gasteiger partial charge is 0.319 e. The van der Waals surface area contributed by atoms with Gasteiger partial charge in [-0.25, -0.2) is 4.79 Å². The summed E-state index contributed by atoms with van der Waals surface area (Å²) in [5.74, 6) is 0.396. The van der Waals surface area contributed by atoms with E-state index in [9.17, 15) is 9.59 Å². The average Bonchev–Trinajstić information content (AvgIpc) is 3.12. The van der Waals surface area contributed by atoms with Gasteiger partial charge in [0.25, 0.3) is 0 Å². The first-order chi connectivity index (χ1) is 12.4. The van der Waals surface area contributed by atoms with Gasteiger partial charge in [-0.3, -0.25) is 9.48 Å². The summed E-state index contributed by atoms with van der Waals surface area (Å²) in [4.78, 5) is 27.6. The van der Waals surface area contributed by atoms with Crippen LogP contribution in [0.3, 0.4) is 0 Å². The van der Waals surface area contributed by atoms with Crippen LogP contribution in [0.25, 0.3) is 0 Å². The molecule has 0 saturated carbocycles. The number of aromatic nitrogens is 3. The fourth-order valence-electron chi connectivity index (χ4n) is 2.96. The number of carbonyl (C=O) groups excluding carboxylic acids is 2. The highest BCUT2D eigenvalue weighted by molar-refractivity contribution is 5.77. The maximum absolute atomic E-state index is 12.2. The van der Waals surface area contributed by atoms with E-state index in [-0.39, 0.29) is 18.4 Å². The topological polar surface area (TPSA) is 96.5 Å². The Morgan fingerprint density at radius 1 is 1.31 bits per heavy atom. The van der Waals surface area contributed by atoms with Gasteiger partial charge in [0.2, 0.25) is 5.91 Å². The Balaban J connectivity index is 1.58. The van der Waals surface area contributed by atoms with E-state index in [1.807, 2.05) is 22.6 Å². The molecule has 9 nitrogen and oxygen atoms in total. The molecule has 0 unspecified atom stereocenters. The zero-order chi connectivity index (χ0) is 18.7. The van der Waals surface area contributed by atoms with Crippen molar-refractivity contribution in [1.82, 2.24) is 30.1 Å². The molecule has 2 aromatic heterocycles. The first kappa shape index (κ1) is 18.0. The van der Waals surface area contributed by atoms with Crippen LogP contribution in [0.5, 0.6) is 0 Å². The largest absolute Gasteiger partial charge is 0.361 e. The van der Waals surface area contributed by atoms with Gasteiger partial charge in [0.15, 0.2) is 0 Å². The summed E-state index contributed by atoms with van der Waals surface area (Å²) in [7, 11) is 3.50. The monoisotopic (exact) mass is 360 g/mol. The van der Waals surface area contributed by atoms with Gasteiger partial charge in [-0.15, -0.1) is 0 Å². The summed E-state index contributed by atoms with van der Waals surface area (Å²) in [6.07, 6.45) is 1.00. The Morgan fingerprint density at radius 2 is 2.12 bits per heavy atom. The number of carbonyl (C=O) groups is 2. The molecule has 0 bridgehead atoms. The van der Waals surface area contributed by atoms with Crippen LogP contribution in [0.4, 0.5) is 4.79 Å². The van der Waals surface area contributed by atoms with E-state index in [1.54, 1.807) is 25.1 Å². The van der Waals surface area contributed by atoms with Crippen molar-refractivity contribution in [1.29, 1.82) is 0 Å². The van der Waals surface area contributed by atoms with E-state index in [0.717, 1.165) is 30.0 Å². The molecule has 3 amide bonds. The second-order valence-corrected chi connectivity index (χ2v) is 6.69. The number of hydrogen-bond acceptors (Lipinski definition) is 5. The first-order valence-electron chi connectivity index (χ1n) is 8.63. The molecular weight excluding hydrogens is 336 g/mol. The van der Waals surface area contributed by atoms with Gasteiger partial charge in [-0.05, 0) is 19.4 Å². The van der Waals surface area contributed by atoms with Crippen LogP contribution in [-0.2, 0) is 30.8 Å². The zero-order valence-corrected chi connectivity index (χ0v) is 15.4. The Bertz CT molecular complexity index is 794. The molecule has 3 heterocycles. The van der Waals surface area contributed by atoms with Crippen molar-refractivity contribution in [3.8, 4) is 0 Å². The third-order valence-electron chi connectivity index (χ3n) is 4.20. The molecule has 9 heteroatoms. The molecule has 0 spiro atoms. The zero-order valence-electron chi connectivity index (χ0n) is 15.4. The second kappa shape index (κ2) is 7.59. The average molecular weight is 360 g/mol. The van der Waals surface area contributed by atoms with Gasteiger partial charge in [0, 0.05) is 33.3 Å². The number of fused-ring (bicyclic) bond motifs is 1. The third-order valence-corrected chi connectivity index (χ3v) is 4.20. The lowest BCUT2D eigenvalue weighted by Gasteiger charge is -2.23. The number of urea groups is 1. The van der Waals surface area contributed by atoms with E-state index in [0.29, 0.717) is 25.4 Å². The Labute approximate surface area is 151 Å². The van der Waals surface area contributed by atoms with E-state index < -0.39 is 0 Å². The Morgan fingerprint density at radius 3 is 2.81 bits per heavy atom. The lowest BCUT2D eigenvalue weighted by Crippen LogP contribution is -2.38. The second-order valence-electron chi connectivity index (χ2n) is 6.69. The molecule has 0 radical (unpaired) electrons. The summed E-state index contributed by atoms with van der Waals surface area (Å²) in [6, 6.07) is 3.69. The van der Waals surface area contributed by atoms with Crippen LogP contribution in [0.1, 0.15) is 29.3 Å². The van der Waals surface area contributed by atoms with Crippen molar-refractivity contribution < 1.29 is 14.1 Å². The SMILES string of the molecule is Cc1cc(CC(=O)NCc2cc3n(n2)CCCN(C(=O)N(C)C)C3)on1. The van der Waals surface area contributed by atoms with E-state index in [2.05, 4.69) is 15.6 Å². The van der Waals surface area contributed by atoms with Gasteiger partial charge in [-0.1, -0.05) is 5.16 Å². The fraction of sp³-hybridized carbons (Fsp3) is 0.529. The van der Waals surface area contributed by atoms with Crippen LogP contribution >= 0.6 is 0 Å². The minimum absolute atomic E-state index is 0.00291. The molecule has 3 rings (SSSR count). The highest BCUT2D eigenvalue weighted by atomic mass is 16.5. The predicted octanol–water partition coefficient (Wildman–Crippen LogP) is 0.926. The van der Waals surface area contributed by atoms with Crippen LogP contribution in [-0.4, -0.2) is 57.3 Å². The number of nitrogens with zero attached hydrogens (tertiary/aromatic N) is 5. The number of amides is 3. The minimum Gasteiger partial charge on any atom is -0.361 e. The Hall–Kier alpha value is -2.84. The van der Waals surface area contributed by atoms with Gasteiger partial charge in [0.05, 0.1) is 36.6 Å². The molecule has 2 aromatic rings. The number of hydrogen-bond donors (Lipinski definition) is 1. The van der Waals surface area contributed by atoms with Crippen molar-refractivity contribution in [2.24, 2.45) is 0 Å². The van der Waals surface area contributed by atoms with Crippen molar-refractivity contribution in [3.05, 3.63) is 35.0 Å². The van der Waals surface area contributed by atoms with Crippen molar-refractivity contribution >= 4 is 11.9 Å². The van der Waals surface area contributed by atoms with E-state index >= 15 is 0 Å². The highest BCUT2D eigenvalue weighted by Crippen LogP contribution is 2.15. The lowest BCUT2D eigenvalue weighted by molar-refractivity contribution is -0.120. The summed E-state index contributed by atoms with van der Waals surface area (Å²) >= 11 is 0. The third kappa shape index (κ3) is 4.22. The summed E-state index contributed by atoms with van der Waals surface area (Å²) in [5.41, 5.74) is 2.51. The van der Waals surface area contributed by atoms with Gasteiger partial charge >= 0.3 is 6.03 Å². The molecule has 0 aromatic carbocycles. The Kier molecular flexibility index (Phi) is 5.24. The predicted molar refractivity (Wildman–Crippen MR) is 93.1 cm³/mol. The van der Waals surface area contributed by atoms with Gasteiger partial charge in [-0.2, -0.15) is 5.10 Å². The number of nitrogens with one attached hydrogen (secondary N) is 1. The maximum atomic E-state index is 12.2. The molecule has 1 aliphatic heterocycles. The molecular formula is C17H24N6O3. The molecule has 0 aliphatic carbocycles. The van der Waals surface area contributed by atoms with Crippen LogP contribution in [0.15, 0.2) is 16.7 Å². The maximum Gasteiger partial charge on any atom is 0.319 e. The van der Waals surface area contributed by atoms with Crippen LogP contribution < -0.4 is 5.32 Å². The summed E-state index contributed by atoms with van der Waals surface area (Å²) < 4.78 is 6.97. The minimum atomic E-state index is -0.145. The van der Waals surface area contributed by atoms with Gasteiger partial charge < -0.3 is 19.6 Å². The molecule has 0 atom stereocenters.